The van der Waals surface area contributed by atoms with Gasteiger partial charge >= 0.3 is 0 Å². The molecule has 0 radical (unpaired) electrons. The highest BCUT2D eigenvalue weighted by atomic mass is 32.2. The summed E-state index contributed by atoms with van der Waals surface area (Å²) in [6, 6.07) is 0. The minimum atomic E-state index is -0.173. The first-order valence-corrected chi connectivity index (χ1v) is 6.75. The average Bonchev–Trinajstić information content (AvgIpc) is 2.19. The first kappa shape index (κ1) is 12.3. The van der Waals surface area contributed by atoms with Gasteiger partial charge in [-0.3, -0.25) is 0 Å². The fourth-order valence-corrected chi connectivity index (χ4v) is 2.85. The zero-order chi connectivity index (χ0) is 10.4. The summed E-state index contributed by atoms with van der Waals surface area (Å²) in [5, 5.41) is 13.1. The van der Waals surface area contributed by atoms with Gasteiger partial charge in [-0.15, -0.1) is 0 Å². The van der Waals surface area contributed by atoms with Gasteiger partial charge in [0.2, 0.25) is 0 Å². The second-order valence-electron chi connectivity index (χ2n) is 4.30. The molecule has 0 aromatic carbocycles. The van der Waals surface area contributed by atoms with Crippen LogP contribution < -0.4 is 5.32 Å². The van der Waals surface area contributed by atoms with Crippen molar-refractivity contribution in [2.45, 2.75) is 44.5 Å². The van der Waals surface area contributed by atoms with E-state index in [0.717, 1.165) is 5.92 Å². The van der Waals surface area contributed by atoms with Gasteiger partial charge in [-0.05, 0) is 50.9 Å². The Morgan fingerprint density at radius 1 is 1.36 bits per heavy atom. The molecule has 14 heavy (non-hydrogen) atoms. The summed E-state index contributed by atoms with van der Waals surface area (Å²) in [6.45, 7) is 6.38. The molecule has 0 bridgehead atoms. The zero-order valence-corrected chi connectivity index (χ0v) is 10.1. The number of aliphatic hydroxyl groups excluding tert-OH is 1. The fraction of sp³-hybridized carbons (Fsp3) is 1.00. The lowest BCUT2D eigenvalue weighted by atomic mass is 9.96. The van der Waals surface area contributed by atoms with Crippen molar-refractivity contribution in [3.8, 4) is 0 Å². The molecular formula is C11H23NOS. The van der Waals surface area contributed by atoms with Crippen LogP contribution in [0.1, 0.15) is 33.1 Å². The molecule has 84 valence electrons. The van der Waals surface area contributed by atoms with Crippen molar-refractivity contribution in [3.63, 3.8) is 0 Å². The maximum atomic E-state index is 9.33. The van der Waals surface area contributed by atoms with Gasteiger partial charge in [0, 0.05) is 5.25 Å². The van der Waals surface area contributed by atoms with Crippen LogP contribution in [0, 0.1) is 5.92 Å². The Bertz CT molecular complexity index is 146. The van der Waals surface area contributed by atoms with Crippen LogP contribution in [-0.4, -0.2) is 35.3 Å². The Hall–Kier alpha value is 0.270. The zero-order valence-electron chi connectivity index (χ0n) is 9.33. The van der Waals surface area contributed by atoms with E-state index in [0.29, 0.717) is 5.25 Å². The summed E-state index contributed by atoms with van der Waals surface area (Å²) in [4.78, 5) is 0. The molecule has 2 nitrogen and oxygen atoms in total. The van der Waals surface area contributed by atoms with Crippen LogP contribution >= 0.6 is 11.8 Å². The molecule has 0 amide bonds. The van der Waals surface area contributed by atoms with E-state index in [1.54, 1.807) is 0 Å². The molecular weight excluding hydrogens is 194 g/mol. The van der Waals surface area contributed by atoms with Crippen LogP contribution in [0.15, 0.2) is 0 Å². The van der Waals surface area contributed by atoms with Gasteiger partial charge in [-0.1, -0.05) is 6.92 Å². The van der Waals surface area contributed by atoms with Crippen molar-refractivity contribution >= 4 is 11.8 Å². The fourth-order valence-electron chi connectivity index (χ4n) is 1.73. The van der Waals surface area contributed by atoms with Crippen molar-refractivity contribution in [3.05, 3.63) is 0 Å². The second-order valence-corrected chi connectivity index (χ2v) is 5.78. The molecule has 0 aromatic heterocycles. The van der Waals surface area contributed by atoms with E-state index in [4.69, 9.17) is 0 Å². The van der Waals surface area contributed by atoms with Crippen LogP contribution in [-0.2, 0) is 0 Å². The van der Waals surface area contributed by atoms with Crippen molar-refractivity contribution in [1.29, 1.82) is 0 Å². The normalized spacial score (nSPS) is 23.4. The number of hydrogen-bond donors (Lipinski definition) is 2. The molecule has 2 N–H and O–H groups in total. The highest BCUT2D eigenvalue weighted by Crippen LogP contribution is 2.22. The third-order valence-electron chi connectivity index (χ3n) is 3.04. The highest BCUT2D eigenvalue weighted by Gasteiger charge is 2.14. The van der Waals surface area contributed by atoms with Crippen LogP contribution in [0.4, 0.5) is 0 Å². The lowest BCUT2D eigenvalue weighted by molar-refractivity contribution is 0.196. The van der Waals surface area contributed by atoms with Gasteiger partial charge in [0.15, 0.2) is 0 Å². The predicted octanol–water partition coefficient (Wildman–Crippen LogP) is 1.88. The van der Waals surface area contributed by atoms with E-state index in [-0.39, 0.29) is 6.10 Å². The minimum Gasteiger partial charge on any atom is -0.392 e. The van der Waals surface area contributed by atoms with Crippen LogP contribution in [0.2, 0.25) is 0 Å². The Kier molecular flexibility index (Phi) is 5.90. The Balaban J connectivity index is 2.02. The lowest BCUT2D eigenvalue weighted by Gasteiger charge is -2.23. The number of thioether (sulfide) groups is 1. The van der Waals surface area contributed by atoms with Gasteiger partial charge in [0.25, 0.3) is 0 Å². The molecule has 1 aliphatic heterocycles. The summed E-state index contributed by atoms with van der Waals surface area (Å²) in [5.74, 6) is 2.13. The molecule has 2 unspecified atom stereocenters. The largest absolute Gasteiger partial charge is 0.392 e. The van der Waals surface area contributed by atoms with E-state index in [9.17, 15) is 5.11 Å². The van der Waals surface area contributed by atoms with Gasteiger partial charge < -0.3 is 10.4 Å². The van der Waals surface area contributed by atoms with E-state index in [2.05, 4.69) is 12.2 Å². The molecule has 1 aliphatic rings. The SMILES string of the molecule is CC(O)C(C)SCCC1CCNCC1. The summed E-state index contributed by atoms with van der Waals surface area (Å²) in [5.41, 5.74) is 0. The Morgan fingerprint density at radius 2 is 2.00 bits per heavy atom. The van der Waals surface area contributed by atoms with Gasteiger partial charge in [-0.2, -0.15) is 11.8 Å². The molecule has 0 aliphatic carbocycles. The summed E-state index contributed by atoms with van der Waals surface area (Å²) in [7, 11) is 0. The number of hydrogen-bond acceptors (Lipinski definition) is 3. The van der Waals surface area contributed by atoms with E-state index in [1.807, 2.05) is 18.7 Å². The summed E-state index contributed by atoms with van der Waals surface area (Å²) < 4.78 is 0. The molecule has 0 spiro atoms. The predicted molar refractivity (Wildman–Crippen MR) is 63.8 cm³/mol. The molecule has 3 heteroatoms. The Morgan fingerprint density at radius 3 is 2.57 bits per heavy atom. The topological polar surface area (TPSA) is 32.3 Å². The molecule has 1 fully saturated rings. The third-order valence-corrected chi connectivity index (χ3v) is 4.44. The average molecular weight is 217 g/mol. The monoisotopic (exact) mass is 217 g/mol. The lowest BCUT2D eigenvalue weighted by Crippen LogP contribution is -2.28. The highest BCUT2D eigenvalue weighted by molar-refractivity contribution is 7.99. The minimum absolute atomic E-state index is 0.173. The van der Waals surface area contributed by atoms with E-state index in [1.165, 1.54) is 38.1 Å². The number of rotatable bonds is 5. The molecule has 1 rings (SSSR count). The van der Waals surface area contributed by atoms with Crippen LogP contribution in [0.25, 0.3) is 0 Å². The van der Waals surface area contributed by atoms with Gasteiger partial charge in [0.05, 0.1) is 6.10 Å². The first-order chi connectivity index (χ1) is 6.70. The second kappa shape index (κ2) is 6.70. The molecule has 1 heterocycles. The summed E-state index contributed by atoms with van der Waals surface area (Å²) in [6.07, 6.45) is 3.82. The number of aliphatic hydroxyl groups is 1. The standard InChI is InChI=1S/C11H23NOS/c1-9(13)10(2)14-8-5-11-3-6-12-7-4-11/h9-13H,3-8H2,1-2H3. The van der Waals surface area contributed by atoms with Crippen LogP contribution in [0.5, 0.6) is 0 Å². The number of piperidine rings is 1. The van der Waals surface area contributed by atoms with Gasteiger partial charge in [-0.25, -0.2) is 0 Å². The van der Waals surface area contributed by atoms with Crippen molar-refractivity contribution in [2.75, 3.05) is 18.8 Å². The molecule has 0 aromatic rings. The molecule has 1 saturated heterocycles. The smallest absolute Gasteiger partial charge is 0.0627 e. The first-order valence-electron chi connectivity index (χ1n) is 5.70. The van der Waals surface area contributed by atoms with Crippen LogP contribution in [0.3, 0.4) is 0 Å². The maximum Gasteiger partial charge on any atom is 0.0627 e. The van der Waals surface area contributed by atoms with Crippen molar-refractivity contribution < 1.29 is 5.11 Å². The summed E-state index contributed by atoms with van der Waals surface area (Å²) >= 11 is 1.91. The number of nitrogens with one attached hydrogen (secondary N) is 1. The molecule has 2 atom stereocenters. The Labute approximate surface area is 91.9 Å². The maximum absolute atomic E-state index is 9.33. The third kappa shape index (κ3) is 4.67. The molecule has 0 saturated carbocycles. The quantitative estimate of drug-likeness (QED) is 0.737. The van der Waals surface area contributed by atoms with Gasteiger partial charge in [0.1, 0.15) is 0 Å². The van der Waals surface area contributed by atoms with E-state index < -0.39 is 0 Å². The van der Waals surface area contributed by atoms with Crippen molar-refractivity contribution in [2.24, 2.45) is 5.92 Å². The van der Waals surface area contributed by atoms with Crippen molar-refractivity contribution in [1.82, 2.24) is 5.32 Å². The van der Waals surface area contributed by atoms with E-state index >= 15 is 0 Å².